The molecular weight excluding hydrogens is 436 g/mol. The number of Topliss-reactive ketones (excluding diaryl/α,β-unsaturated/α-hetero) is 1. The van der Waals surface area contributed by atoms with Gasteiger partial charge in [-0.15, -0.1) is 10.2 Å². The molecular formula is C25H28N4O3S. The molecule has 33 heavy (non-hydrogen) atoms. The van der Waals surface area contributed by atoms with Gasteiger partial charge in [0.2, 0.25) is 0 Å². The summed E-state index contributed by atoms with van der Waals surface area (Å²) in [6.07, 6.45) is 2.68. The monoisotopic (exact) mass is 464 g/mol. The van der Waals surface area contributed by atoms with Gasteiger partial charge >= 0.3 is 0 Å². The summed E-state index contributed by atoms with van der Waals surface area (Å²) in [5.41, 5.74) is 3.80. The molecule has 0 saturated heterocycles. The topological polar surface area (TPSA) is 75.1 Å². The van der Waals surface area contributed by atoms with Crippen molar-refractivity contribution < 1.29 is 13.9 Å². The van der Waals surface area contributed by atoms with Crippen molar-refractivity contribution >= 4 is 17.5 Å². The van der Waals surface area contributed by atoms with E-state index in [0.717, 1.165) is 47.0 Å². The number of methoxy groups -OCH3 is 1. The van der Waals surface area contributed by atoms with E-state index >= 15 is 0 Å². The molecule has 7 nitrogen and oxygen atoms in total. The lowest BCUT2D eigenvalue weighted by molar-refractivity contribution is 0.102. The van der Waals surface area contributed by atoms with Crippen molar-refractivity contribution in [3.63, 3.8) is 0 Å². The molecule has 8 heteroatoms. The number of hydrogen-bond donors (Lipinski definition) is 0. The number of benzene rings is 1. The van der Waals surface area contributed by atoms with Crippen molar-refractivity contribution in [2.75, 3.05) is 12.9 Å². The van der Waals surface area contributed by atoms with Gasteiger partial charge in [0, 0.05) is 29.1 Å². The average molecular weight is 465 g/mol. The minimum atomic E-state index is 0.0888. The molecule has 0 fully saturated rings. The summed E-state index contributed by atoms with van der Waals surface area (Å²) >= 11 is 1.39. The molecule has 3 aromatic heterocycles. The van der Waals surface area contributed by atoms with E-state index in [0.29, 0.717) is 17.5 Å². The lowest BCUT2D eigenvalue weighted by Gasteiger charge is -2.10. The molecule has 0 atom stereocenters. The number of ketones is 1. The van der Waals surface area contributed by atoms with Crippen molar-refractivity contribution in [2.24, 2.45) is 0 Å². The molecule has 1 aromatic carbocycles. The fourth-order valence-electron chi connectivity index (χ4n) is 3.93. The van der Waals surface area contributed by atoms with Crippen LogP contribution in [0.2, 0.25) is 0 Å². The quantitative estimate of drug-likeness (QED) is 0.231. The van der Waals surface area contributed by atoms with Gasteiger partial charge in [-0.3, -0.25) is 9.36 Å². The van der Waals surface area contributed by atoms with Crippen molar-refractivity contribution in [2.45, 2.75) is 45.4 Å². The van der Waals surface area contributed by atoms with Crippen LogP contribution in [0.25, 0.3) is 11.4 Å². The van der Waals surface area contributed by atoms with Gasteiger partial charge in [0.25, 0.3) is 0 Å². The van der Waals surface area contributed by atoms with E-state index in [1.54, 1.807) is 13.4 Å². The number of rotatable bonds is 10. The first kappa shape index (κ1) is 22.9. The van der Waals surface area contributed by atoms with E-state index in [1.807, 2.05) is 60.9 Å². The predicted molar refractivity (Wildman–Crippen MR) is 129 cm³/mol. The molecule has 0 bridgehead atoms. The van der Waals surface area contributed by atoms with Crippen molar-refractivity contribution in [3.05, 3.63) is 71.4 Å². The van der Waals surface area contributed by atoms with E-state index in [2.05, 4.69) is 21.7 Å². The van der Waals surface area contributed by atoms with Crippen LogP contribution in [0.5, 0.6) is 5.75 Å². The van der Waals surface area contributed by atoms with Crippen LogP contribution in [0.15, 0.2) is 58.3 Å². The Morgan fingerprint density at radius 1 is 1.12 bits per heavy atom. The van der Waals surface area contributed by atoms with E-state index in [-0.39, 0.29) is 11.5 Å². The highest BCUT2D eigenvalue weighted by atomic mass is 32.2. The highest BCUT2D eigenvalue weighted by molar-refractivity contribution is 7.99. The number of ether oxygens (including phenoxy) is 1. The average Bonchev–Trinajstić information content (AvgIpc) is 3.55. The molecule has 0 unspecified atom stereocenters. The van der Waals surface area contributed by atoms with Crippen LogP contribution in [-0.4, -0.2) is 38.0 Å². The third-order valence-electron chi connectivity index (χ3n) is 5.59. The summed E-state index contributed by atoms with van der Waals surface area (Å²) in [5, 5.41) is 9.50. The summed E-state index contributed by atoms with van der Waals surface area (Å²) in [5.74, 6) is 2.60. The Bertz CT molecular complexity index is 1240. The third kappa shape index (κ3) is 4.90. The number of furan rings is 1. The lowest BCUT2D eigenvalue weighted by atomic mass is 10.2. The van der Waals surface area contributed by atoms with Crippen molar-refractivity contribution in [1.29, 1.82) is 0 Å². The Morgan fingerprint density at radius 2 is 1.97 bits per heavy atom. The fourth-order valence-corrected chi connectivity index (χ4v) is 4.75. The zero-order valence-electron chi connectivity index (χ0n) is 19.4. The third-order valence-corrected chi connectivity index (χ3v) is 6.56. The van der Waals surface area contributed by atoms with Gasteiger partial charge in [0.15, 0.2) is 16.8 Å². The number of carbonyl (C=O) groups is 1. The van der Waals surface area contributed by atoms with Crippen LogP contribution in [0.4, 0.5) is 0 Å². The summed E-state index contributed by atoms with van der Waals surface area (Å²) in [7, 11) is 1.64. The molecule has 0 N–H and O–H groups in total. The number of carbonyl (C=O) groups excluding carboxylic acids is 1. The first-order chi connectivity index (χ1) is 16.0. The Balaban J connectivity index is 1.60. The van der Waals surface area contributed by atoms with E-state index in [9.17, 15) is 4.79 Å². The van der Waals surface area contributed by atoms with Gasteiger partial charge in [-0.05, 0) is 50.6 Å². The highest BCUT2D eigenvalue weighted by Gasteiger charge is 2.20. The van der Waals surface area contributed by atoms with Crippen LogP contribution < -0.4 is 4.74 Å². The predicted octanol–water partition coefficient (Wildman–Crippen LogP) is 5.40. The second kappa shape index (κ2) is 10.1. The van der Waals surface area contributed by atoms with Gasteiger partial charge in [0.05, 0.1) is 25.7 Å². The summed E-state index contributed by atoms with van der Waals surface area (Å²) in [4.78, 5) is 13.1. The minimum absolute atomic E-state index is 0.0888. The van der Waals surface area contributed by atoms with Crippen LogP contribution >= 0.6 is 11.8 Å². The van der Waals surface area contributed by atoms with Gasteiger partial charge < -0.3 is 13.7 Å². The van der Waals surface area contributed by atoms with Gasteiger partial charge in [-0.25, -0.2) is 0 Å². The summed E-state index contributed by atoms with van der Waals surface area (Å²) in [6, 6.07) is 13.5. The molecule has 3 heterocycles. The van der Waals surface area contributed by atoms with Crippen molar-refractivity contribution in [1.82, 2.24) is 19.3 Å². The highest BCUT2D eigenvalue weighted by Crippen LogP contribution is 2.28. The van der Waals surface area contributed by atoms with Gasteiger partial charge in [-0.2, -0.15) is 0 Å². The standard InChI is InChI=1S/C25H28N4O3S/c1-5-11-28-17(2)13-22(18(28)3)23(30)16-33-25-27-26-24(19-8-6-9-20(14-19)31-4)29(25)15-21-10-7-12-32-21/h6-10,12-14H,5,11,15-16H2,1-4H3. The Hall–Kier alpha value is -3.26. The first-order valence-electron chi connectivity index (χ1n) is 10.9. The first-order valence-corrected chi connectivity index (χ1v) is 11.9. The smallest absolute Gasteiger partial charge is 0.192 e. The van der Waals surface area contributed by atoms with Crippen LogP contribution in [0.3, 0.4) is 0 Å². The van der Waals surface area contributed by atoms with E-state index in [1.165, 1.54) is 11.8 Å². The molecule has 0 amide bonds. The number of nitrogens with zero attached hydrogens (tertiary/aromatic N) is 4. The lowest BCUT2D eigenvalue weighted by Crippen LogP contribution is -2.08. The van der Waals surface area contributed by atoms with Gasteiger partial charge in [0.1, 0.15) is 11.5 Å². The Morgan fingerprint density at radius 3 is 2.70 bits per heavy atom. The van der Waals surface area contributed by atoms with Crippen LogP contribution in [0.1, 0.15) is 40.9 Å². The molecule has 172 valence electrons. The minimum Gasteiger partial charge on any atom is -0.497 e. The molecule has 0 aliphatic heterocycles. The molecule has 0 aliphatic rings. The zero-order valence-corrected chi connectivity index (χ0v) is 20.2. The second-order valence-electron chi connectivity index (χ2n) is 7.85. The molecule has 0 spiro atoms. The maximum Gasteiger partial charge on any atom is 0.192 e. The number of aryl methyl sites for hydroxylation is 1. The maximum atomic E-state index is 13.1. The molecule has 0 radical (unpaired) electrons. The zero-order chi connectivity index (χ0) is 23.4. The van der Waals surface area contributed by atoms with E-state index < -0.39 is 0 Å². The number of aromatic nitrogens is 4. The Kier molecular flexibility index (Phi) is 7.03. The van der Waals surface area contributed by atoms with Crippen LogP contribution in [-0.2, 0) is 13.1 Å². The number of thioether (sulfide) groups is 1. The maximum absolute atomic E-state index is 13.1. The fraction of sp³-hybridized carbons (Fsp3) is 0.320. The van der Waals surface area contributed by atoms with E-state index in [4.69, 9.17) is 9.15 Å². The largest absolute Gasteiger partial charge is 0.497 e. The molecule has 0 aliphatic carbocycles. The summed E-state index contributed by atoms with van der Waals surface area (Å²) in [6.45, 7) is 7.59. The SMILES string of the molecule is CCCn1c(C)cc(C(=O)CSc2nnc(-c3cccc(OC)c3)n2Cc2ccco2)c1C. The Labute approximate surface area is 197 Å². The second-order valence-corrected chi connectivity index (χ2v) is 8.79. The molecule has 4 rings (SSSR count). The van der Waals surface area contributed by atoms with Crippen molar-refractivity contribution in [3.8, 4) is 17.1 Å². The summed E-state index contributed by atoms with van der Waals surface area (Å²) < 4.78 is 15.1. The molecule has 0 saturated carbocycles. The molecule has 4 aromatic rings. The number of hydrogen-bond acceptors (Lipinski definition) is 6. The van der Waals surface area contributed by atoms with Crippen LogP contribution in [0, 0.1) is 13.8 Å². The normalized spacial score (nSPS) is 11.2. The van der Waals surface area contributed by atoms with Gasteiger partial charge in [-0.1, -0.05) is 30.8 Å².